The van der Waals surface area contributed by atoms with Crippen LogP contribution in [-0.4, -0.2) is 37.1 Å². The van der Waals surface area contributed by atoms with Crippen molar-refractivity contribution < 1.29 is 0 Å². The van der Waals surface area contributed by atoms with Gasteiger partial charge in [0.1, 0.15) is 0 Å². The summed E-state index contributed by atoms with van der Waals surface area (Å²) in [6.07, 6.45) is 3.51. The smallest absolute Gasteiger partial charge is 0.0463 e. The highest BCUT2D eigenvalue weighted by Gasteiger charge is 1.94. The van der Waals surface area contributed by atoms with Gasteiger partial charge >= 0.3 is 0 Å². The Bertz CT molecular complexity index is 166. The van der Waals surface area contributed by atoms with E-state index in [1.54, 1.807) is 17.3 Å². The van der Waals surface area contributed by atoms with Gasteiger partial charge in [-0.15, -0.1) is 0 Å². The molecule has 0 unspecified atom stereocenters. The quantitative estimate of drug-likeness (QED) is 0.440. The fraction of sp³-hybridized carbons (Fsp3) is 0.500. The molecule has 0 radical (unpaired) electrons. The number of nitrogens with two attached hydrogens (primary N) is 1. The largest absolute Gasteiger partial charge is 0.316 e. The number of likely N-dealkylation sites (N-methyl/N-ethyl adjacent to an activating group) is 1. The molecule has 0 saturated heterocycles. The number of nitrogens with zero attached hydrogens (tertiary/aromatic N) is 2. The van der Waals surface area contributed by atoms with Crippen molar-refractivity contribution in [3.8, 4) is 0 Å². The van der Waals surface area contributed by atoms with Crippen LogP contribution < -0.4 is 5.84 Å². The van der Waals surface area contributed by atoms with E-state index in [0.29, 0.717) is 0 Å². The van der Waals surface area contributed by atoms with Gasteiger partial charge in [-0.2, -0.15) is 0 Å². The van der Waals surface area contributed by atoms with Crippen molar-refractivity contribution in [1.29, 1.82) is 0 Å². The van der Waals surface area contributed by atoms with Crippen LogP contribution in [-0.2, 0) is 0 Å². The molecule has 70 valence electrons. The molecule has 0 aliphatic heterocycles. The van der Waals surface area contributed by atoms with Crippen LogP contribution in [0.15, 0.2) is 23.3 Å². The molecule has 0 spiro atoms. The predicted octanol–water partition coefficient (Wildman–Crippen LogP) is 1.15. The van der Waals surface area contributed by atoms with Gasteiger partial charge in [-0.3, -0.25) is 0 Å². The van der Waals surface area contributed by atoms with Crippen LogP contribution in [0.2, 0.25) is 0 Å². The van der Waals surface area contributed by atoms with Crippen LogP contribution in [0.3, 0.4) is 0 Å². The van der Waals surface area contributed by atoms with E-state index in [1.165, 1.54) is 0 Å². The monoisotopic (exact) mass is 233 g/mol. The van der Waals surface area contributed by atoms with Gasteiger partial charge in [0.2, 0.25) is 0 Å². The number of hydrogen-bond acceptors (Lipinski definition) is 3. The minimum atomic E-state index is 0.802. The van der Waals surface area contributed by atoms with Crippen LogP contribution in [0.25, 0.3) is 0 Å². The van der Waals surface area contributed by atoms with E-state index in [-0.39, 0.29) is 0 Å². The van der Waals surface area contributed by atoms with Crippen LogP contribution >= 0.6 is 15.9 Å². The van der Waals surface area contributed by atoms with Gasteiger partial charge in [-0.05, 0) is 30.0 Å². The summed E-state index contributed by atoms with van der Waals surface area (Å²) in [5, 5.41) is 1.63. The molecule has 0 saturated carbocycles. The number of allylic oxidation sites excluding steroid dienone is 2. The lowest BCUT2D eigenvalue weighted by Crippen LogP contribution is -2.32. The van der Waals surface area contributed by atoms with Gasteiger partial charge in [-0.1, -0.05) is 12.7 Å². The summed E-state index contributed by atoms with van der Waals surface area (Å²) in [6.45, 7) is 5.34. The van der Waals surface area contributed by atoms with Crippen molar-refractivity contribution in [2.75, 3.05) is 27.2 Å². The fourth-order valence-corrected chi connectivity index (χ4v) is 0.854. The summed E-state index contributed by atoms with van der Waals surface area (Å²) in [4.78, 5) is 2.08. The third-order valence-electron chi connectivity index (χ3n) is 1.29. The molecule has 0 fully saturated rings. The molecule has 0 aliphatic carbocycles. The maximum atomic E-state index is 5.65. The van der Waals surface area contributed by atoms with Gasteiger partial charge in [0.15, 0.2) is 0 Å². The van der Waals surface area contributed by atoms with Crippen LogP contribution in [0.1, 0.15) is 0 Å². The Balaban J connectivity index is 3.73. The lowest BCUT2D eigenvalue weighted by atomic mass is 10.5. The normalized spacial score (nSPS) is 11.9. The lowest BCUT2D eigenvalue weighted by Gasteiger charge is -2.16. The molecule has 0 aromatic heterocycles. The Morgan fingerprint density at radius 1 is 1.50 bits per heavy atom. The van der Waals surface area contributed by atoms with Gasteiger partial charge in [0.05, 0.1) is 0 Å². The van der Waals surface area contributed by atoms with Crippen LogP contribution in [0, 0.1) is 0 Å². The van der Waals surface area contributed by atoms with Gasteiger partial charge in [0.25, 0.3) is 0 Å². The third kappa shape index (κ3) is 6.39. The van der Waals surface area contributed by atoms with E-state index >= 15 is 0 Å². The maximum absolute atomic E-state index is 5.65. The number of hydrazine groups is 1. The average molecular weight is 234 g/mol. The molecule has 0 heterocycles. The molecule has 0 aromatic carbocycles. The summed E-state index contributed by atoms with van der Waals surface area (Å²) in [7, 11) is 4.03. The minimum absolute atomic E-state index is 0.802. The van der Waals surface area contributed by atoms with Crippen LogP contribution in [0.4, 0.5) is 0 Å². The van der Waals surface area contributed by atoms with E-state index in [0.717, 1.165) is 17.6 Å². The summed E-state index contributed by atoms with van der Waals surface area (Å²) in [5.41, 5.74) is 0. The molecule has 3 nitrogen and oxygen atoms in total. The topological polar surface area (TPSA) is 32.5 Å². The molecule has 4 heteroatoms. The summed E-state index contributed by atoms with van der Waals surface area (Å²) in [6, 6.07) is 0. The molecule has 0 rings (SSSR count). The zero-order chi connectivity index (χ0) is 9.56. The molecule has 12 heavy (non-hydrogen) atoms. The molecule has 0 aliphatic rings. The summed E-state index contributed by atoms with van der Waals surface area (Å²) in [5.74, 6) is 5.65. The molecule has 0 bridgehead atoms. The number of hydrogen-bond donors (Lipinski definition) is 1. The fourth-order valence-electron chi connectivity index (χ4n) is 0.591. The van der Waals surface area contributed by atoms with Gasteiger partial charge in [-0.25, -0.2) is 5.84 Å². The molecule has 2 N–H and O–H groups in total. The van der Waals surface area contributed by atoms with E-state index in [9.17, 15) is 0 Å². The Hall–Kier alpha value is -0.320. The highest BCUT2D eigenvalue weighted by molar-refractivity contribution is 9.11. The Labute approximate surface area is 82.6 Å². The second-order valence-electron chi connectivity index (χ2n) is 2.76. The predicted molar refractivity (Wildman–Crippen MR) is 56.7 cm³/mol. The second-order valence-corrected chi connectivity index (χ2v) is 3.67. The standard InChI is InChI=1S/C8H16BrN3/c1-4-8(9)7-12(10)6-5-11(2)3/h4,7H,1,5-6,10H2,2-3H3/b8-7+. The lowest BCUT2D eigenvalue weighted by molar-refractivity contribution is 0.313. The van der Waals surface area contributed by atoms with Gasteiger partial charge < -0.3 is 9.91 Å². The van der Waals surface area contributed by atoms with Crippen molar-refractivity contribution >= 4 is 15.9 Å². The molecule has 0 aromatic rings. The Morgan fingerprint density at radius 2 is 2.08 bits per heavy atom. The highest BCUT2D eigenvalue weighted by atomic mass is 79.9. The zero-order valence-corrected chi connectivity index (χ0v) is 9.21. The number of halogens is 1. The number of rotatable bonds is 5. The zero-order valence-electron chi connectivity index (χ0n) is 7.63. The van der Waals surface area contributed by atoms with E-state index in [4.69, 9.17) is 5.84 Å². The highest BCUT2D eigenvalue weighted by Crippen LogP contribution is 2.04. The molecular weight excluding hydrogens is 218 g/mol. The van der Waals surface area contributed by atoms with Crippen molar-refractivity contribution in [3.63, 3.8) is 0 Å². The second kappa shape index (κ2) is 6.22. The van der Waals surface area contributed by atoms with Crippen molar-refractivity contribution in [1.82, 2.24) is 9.91 Å². The molecular formula is C8H16BrN3. The van der Waals surface area contributed by atoms with Crippen molar-refractivity contribution in [2.45, 2.75) is 0 Å². The molecule has 0 atom stereocenters. The minimum Gasteiger partial charge on any atom is -0.316 e. The van der Waals surface area contributed by atoms with Crippen LogP contribution in [0.5, 0.6) is 0 Å². The van der Waals surface area contributed by atoms with E-state index in [1.807, 2.05) is 14.1 Å². The first-order valence-corrected chi connectivity index (χ1v) is 4.51. The Morgan fingerprint density at radius 3 is 2.50 bits per heavy atom. The first-order valence-electron chi connectivity index (χ1n) is 3.72. The first kappa shape index (κ1) is 11.7. The summed E-state index contributed by atoms with van der Waals surface area (Å²) >= 11 is 3.29. The van der Waals surface area contributed by atoms with Crippen molar-refractivity contribution in [3.05, 3.63) is 23.3 Å². The molecule has 0 amide bonds. The first-order chi connectivity index (χ1) is 5.56. The van der Waals surface area contributed by atoms with E-state index in [2.05, 4.69) is 27.4 Å². The van der Waals surface area contributed by atoms with Crippen molar-refractivity contribution in [2.24, 2.45) is 5.84 Å². The van der Waals surface area contributed by atoms with E-state index < -0.39 is 0 Å². The SMILES string of the molecule is C=C/C(Br)=C\N(N)CCN(C)C. The third-order valence-corrected chi connectivity index (χ3v) is 1.82. The maximum Gasteiger partial charge on any atom is 0.0463 e. The average Bonchev–Trinajstić information content (AvgIpc) is 2.00. The Kier molecular flexibility index (Phi) is 6.06. The summed E-state index contributed by atoms with van der Waals surface area (Å²) < 4.78 is 0.892. The van der Waals surface area contributed by atoms with Gasteiger partial charge in [0, 0.05) is 23.8 Å².